The number of aromatic nitrogens is 2. The van der Waals surface area contributed by atoms with Crippen molar-refractivity contribution >= 4 is 5.96 Å². The van der Waals surface area contributed by atoms with Crippen LogP contribution in [0.2, 0.25) is 0 Å². The molecule has 1 aromatic carbocycles. The first-order chi connectivity index (χ1) is 11.7. The number of hydrogen-bond acceptors (Lipinski definition) is 3. The van der Waals surface area contributed by atoms with Crippen LogP contribution in [0.3, 0.4) is 0 Å². The number of alkyl halides is 2. The first kappa shape index (κ1) is 17.7. The van der Waals surface area contributed by atoms with E-state index in [-0.39, 0.29) is 12.3 Å². The van der Waals surface area contributed by atoms with Gasteiger partial charge in [0.25, 0.3) is 0 Å². The fourth-order valence-corrected chi connectivity index (χ4v) is 2.07. The molecule has 1 aromatic heterocycles. The summed E-state index contributed by atoms with van der Waals surface area (Å²) in [5, 5.41) is 10.4. The molecule has 0 fully saturated rings. The van der Waals surface area contributed by atoms with Gasteiger partial charge in [-0.2, -0.15) is 13.9 Å². The largest absolute Gasteiger partial charge is 0.434 e. The second-order valence-electron chi connectivity index (χ2n) is 4.88. The molecule has 2 N–H and O–H groups in total. The Hall–Kier alpha value is -2.64. The third kappa shape index (κ3) is 5.86. The number of rotatable bonds is 8. The zero-order valence-electron chi connectivity index (χ0n) is 13.5. The van der Waals surface area contributed by atoms with E-state index in [0.29, 0.717) is 31.2 Å². The average molecular weight is 337 g/mol. The molecule has 0 aliphatic heterocycles. The lowest BCUT2D eigenvalue weighted by molar-refractivity contribution is -0.0504. The Morgan fingerprint density at radius 1 is 1.29 bits per heavy atom. The zero-order chi connectivity index (χ0) is 17.2. The van der Waals surface area contributed by atoms with Crippen LogP contribution < -0.4 is 15.4 Å². The number of benzene rings is 1. The summed E-state index contributed by atoms with van der Waals surface area (Å²) in [7, 11) is 0. The molecular formula is C16H21F2N5O. The molecule has 0 saturated heterocycles. The molecular weight excluding hydrogens is 316 g/mol. The lowest BCUT2D eigenvalue weighted by atomic mass is 10.2. The van der Waals surface area contributed by atoms with E-state index in [4.69, 9.17) is 0 Å². The fraction of sp³-hybridized carbons (Fsp3) is 0.375. The molecule has 0 aliphatic carbocycles. The summed E-state index contributed by atoms with van der Waals surface area (Å²) >= 11 is 0. The molecule has 2 rings (SSSR count). The predicted octanol–water partition coefficient (Wildman–Crippen LogP) is 2.24. The quantitative estimate of drug-likeness (QED) is 0.573. The van der Waals surface area contributed by atoms with Crippen molar-refractivity contribution in [3.05, 3.63) is 48.3 Å². The van der Waals surface area contributed by atoms with E-state index in [1.165, 1.54) is 6.07 Å². The Morgan fingerprint density at radius 2 is 2.12 bits per heavy atom. The summed E-state index contributed by atoms with van der Waals surface area (Å²) in [6.07, 6.45) is 3.60. The van der Waals surface area contributed by atoms with Crippen LogP contribution in [-0.4, -0.2) is 35.4 Å². The van der Waals surface area contributed by atoms with E-state index >= 15 is 0 Å². The van der Waals surface area contributed by atoms with Gasteiger partial charge < -0.3 is 15.4 Å². The maximum Gasteiger partial charge on any atom is 0.387 e. The monoisotopic (exact) mass is 337 g/mol. The molecule has 2 aromatic rings. The van der Waals surface area contributed by atoms with E-state index in [2.05, 4.69) is 25.5 Å². The van der Waals surface area contributed by atoms with Gasteiger partial charge in [-0.05, 0) is 19.1 Å². The third-order valence-corrected chi connectivity index (χ3v) is 3.13. The van der Waals surface area contributed by atoms with Crippen molar-refractivity contribution in [1.29, 1.82) is 0 Å². The number of para-hydroxylation sites is 1. The molecule has 130 valence electrons. The molecule has 0 atom stereocenters. The minimum absolute atomic E-state index is 0.142. The minimum atomic E-state index is -2.85. The predicted molar refractivity (Wildman–Crippen MR) is 88.1 cm³/mol. The normalized spacial score (nSPS) is 11.6. The second-order valence-corrected chi connectivity index (χ2v) is 4.88. The average Bonchev–Trinajstić information content (AvgIpc) is 3.06. The van der Waals surface area contributed by atoms with Crippen molar-refractivity contribution in [3.8, 4) is 5.75 Å². The summed E-state index contributed by atoms with van der Waals surface area (Å²) in [6.45, 7) is 1.38. The highest BCUT2D eigenvalue weighted by Crippen LogP contribution is 2.20. The van der Waals surface area contributed by atoms with Gasteiger partial charge in [-0.25, -0.2) is 4.99 Å². The second kappa shape index (κ2) is 9.49. The number of aliphatic imine (C=N–C) groups is 1. The van der Waals surface area contributed by atoms with Crippen molar-refractivity contribution < 1.29 is 13.5 Å². The highest BCUT2D eigenvalue weighted by Gasteiger charge is 2.08. The van der Waals surface area contributed by atoms with Crippen molar-refractivity contribution in [2.45, 2.75) is 26.6 Å². The summed E-state index contributed by atoms with van der Waals surface area (Å²) in [5.41, 5.74) is 0.599. The number of nitrogens with one attached hydrogen (secondary N) is 2. The zero-order valence-corrected chi connectivity index (χ0v) is 13.5. The van der Waals surface area contributed by atoms with E-state index in [0.717, 1.165) is 0 Å². The standard InChI is InChI=1S/C16H21F2N5O/c1-2-19-16(20-9-11-23-10-5-8-22-23)21-12-13-6-3-4-7-14(13)24-15(17)18/h3-8,10,15H,2,9,11-12H2,1H3,(H2,19,20,21). The van der Waals surface area contributed by atoms with Gasteiger partial charge in [0.05, 0.1) is 13.1 Å². The van der Waals surface area contributed by atoms with Gasteiger partial charge in [-0.3, -0.25) is 4.68 Å². The first-order valence-electron chi connectivity index (χ1n) is 7.71. The number of hydrogen-bond donors (Lipinski definition) is 2. The molecule has 0 aliphatic rings. The van der Waals surface area contributed by atoms with Crippen LogP contribution in [0.1, 0.15) is 12.5 Å². The molecule has 0 amide bonds. The molecule has 0 unspecified atom stereocenters. The topological polar surface area (TPSA) is 63.5 Å². The van der Waals surface area contributed by atoms with Crippen LogP contribution in [0.15, 0.2) is 47.7 Å². The van der Waals surface area contributed by atoms with E-state index in [1.54, 1.807) is 24.4 Å². The van der Waals surface area contributed by atoms with E-state index in [1.807, 2.05) is 23.9 Å². The van der Waals surface area contributed by atoms with Gasteiger partial charge in [0, 0.05) is 31.0 Å². The molecule has 24 heavy (non-hydrogen) atoms. The van der Waals surface area contributed by atoms with Crippen molar-refractivity contribution in [2.24, 2.45) is 4.99 Å². The SMILES string of the molecule is CCNC(=NCc1ccccc1OC(F)F)NCCn1cccn1. The van der Waals surface area contributed by atoms with Gasteiger partial charge in [0.1, 0.15) is 5.75 Å². The third-order valence-electron chi connectivity index (χ3n) is 3.13. The molecule has 6 nitrogen and oxygen atoms in total. The van der Waals surface area contributed by atoms with Crippen LogP contribution in [0.5, 0.6) is 5.75 Å². The molecule has 0 saturated carbocycles. The van der Waals surface area contributed by atoms with Gasteiger partial charge in [0.2, 0.25) is 0 Å². The highest BCUT2D eigenvalue weighted by molar-refractivity contribution is 5.79. The van der Waals surface area contributed by atoms with Crippen LogP contribution in [0.4, 0.5) is 8.78 Å². The summed E-state index contributed by atoms with van der Waals surface area (Å²) in [5.74, 6) is 0.750. The Morgan fingerprint density at radius 3 is 2.83 bits per heavy atom. The van der Waals surface area contributed by atoms with Crippen LogP contribution in [-0.2, 0) is 13.1 Å². The van der Waals surface area contributed by atoms with Crippen LogP contribution in [0.25, 0.3) is 0 Å². The molecule has 8 heteroatoms. The van der Waals surface area contributed by atoms with Gasteiger partial charge in [-0.1, -0.05) is 18.2 Å². The fourth-order valence-electron chi connectivity index (χ4n) is 2.07. The Labute approximate surface area is 139 Å². The van der Waals surface area contributed by atoms with Crippen molar-refractivity contribution in [3.63, 3.8) is 0 Å². The Balaban J connectivity index is 1.94. The highest BCUT2D eigenvalue weighted by atomic mass is 19.3. The van der Waals surface area contributed by atoms with Gasteiger partial charge in [-0.15, -0.1) is 0 Å². The van der Waals surface area contributed by atoms with Crippen molar-refractivity contribution in [2.75, 3.05) is 13.1 Å². The minimum Gasteiger partial charge on any atom is -0.434 e. The molecule has 1 heterocycles. The summed E-state index contributed by atoms with van der Waals surface area (Å²) in [6, 6.07) is 8.50. The Bertz CT molecular complexity index is 631. The maximum atomic E-state index is 12.4. The van der Waals surface area contributed by atoms with E-state index < -0.39 is 6.61 Å². The van der Waals surface area contributed by atoms with E-state index in [9.17, 15) is 8.78 Å². The lowest BCUT2D eigenvalue weighted by Crippen LogP contribution is -2.38. The molecule has 0 radical (unpaired) electrons. The molecule has 0 spiro atoms. The lowest BCUT2D eigenvalue weighted by Gasteiger charge is -2.12. The molecule has 0 bridgehead atoms. The number of ether oxygens (including phenoxy) is 1. The van der Waals surface area contributed by atoms with Crippen LogP contribution >= 0.6 is 0 Å². The first-order valence-corrected chi connectivity index (χ1v) is 7.71. The maximum absolute atomic E-state index is 12.4. The van der Waals surface area contributed by atoms with Gasteiger partial charge in [0.15, 0.2) is 5.96 Å². The number of guanidine groups is 1. The number of nitrogens with zero attached hydrogens (tertiary/aromatic N) is 3. The number of halogens is 2. The Kier molecular flexibility index (Phi) is 7.00. The summed E-state index contributed by atoms with van der Waals surface area (Å²) < 4.78 is 31.2. The summed E-state index contributed by atoms with van der Waals surface area (Å²) in [4.78, 5) is 4.41. The smallest absolute Gasteiger partial charge is 0.387 e. The van der Waals surface area contributed by atoms with Gasteiger partial charge >= 0.3 is 6.61 Å². The van der Waals surface area contributed by atoms with Crippen molar-refractivity contribution in [1.82, 2.24) is 20.4 Å². The van der Waals surface area contributed by atoms with Crippen LogP contribution in [0, 0.1) is 0 Å².